The minimum atomic E-state index is -0.318. The van der Waals surface area contributed by atoms with E-state index in [4.69, 9.17) is 0 Å². The van der Waals surface area contributed by atoms with Crippen LogP contribution in [0.25, 0.3) is 21.3 Å². The molecule has 0 bridgehead atoms. The van der Waals surface area contributed by atoms with Gasteiger partial charge < -0.3 is 10.3 Å². The highest BCUT2D eigenvalue weighted by atomic mass is 32.2. The highest BCUT2D eigenvalue weighted by Gasteiger charge is 2.13. The standard InChI is InChI=1S/C18H18FN3O2S2/c1-10(2)20-15(23)9-25-8-14-21-17(24)16-13(7-26-18(16)22-14)11-3-5-12(19)6-4-11/h3-7,10H,8-9H2,1-2H3,(H,20,23)(H,21,22,24). The Morgan fingerprint density at radius 2 is 2.08 bits per heavy atom. The lowest BCUT2D eigenvalue weighted by atomic mass is 10.1. The molecular weight excluding hydrogens is 373 g/mol. The number of H-pyrrole nitrogens is 1. The number of rotatable bonds is 6. The maximum Gasteiger partial charge on any atom is 0.260 e. The van der Waals surface area contributed by atoms with E-state index < -0.39 is 0 Å². The zero-order chi connectivity index (χ0) is 18.7. The summed E-state index contributed by atoms with van der Waals surface area (Å²) in [6, 6.07) is 6.13. The lowest BCUT2D eigenvalue weighted by Crippen LogP contribution is -2.31. The molecule has 0 unspecified atom stereocenters. The summed E-state index contributed by atoms with van der Waals surface area (Å²) in [5.74, 6) is 0.938. The molecule has 2 aromatic heterocycles. The number of carbonyl (C=O) groups is 1. The van der Waals surface area contributed by atoms with Gasteiger partial charge in [-0.25, -0.2) is 9.37 Å². The number of aromatic nitrogens is 2. The van der Waals surface area contributed by atoms with Crippen LogP contribution in [0.15, 0.2) is 34.4 Å². The zero-order valence-electron chi connectivity index (χ0n) is 14.3. The van der Waals surface area contributed by atoms with E-state index in [9.17, 15) is 14.0 Å². The topological polar surface area (TPSA) is 74.8 Å². The van der Waals surface area contributed by atoms with Crippen molar-refractivity contribution in [3.05, 3.63) is 51.6 Å². The number of nitrogens with zero attached hydrogens (tertiary/aromatic N) is 1. The minimum Gasteiger partial charge on any atom is -0.353 e. The monoisotopic (exact) mass is 391 g/mol. The van der Waals surface area contributed by atoms with E-state index in [1.165, 1.54) is 35.2 Å². The highest BCUT2D eigenvalue weighted by molar-refractivity contribution is 7.99. The van der Waals surface area contributed by atoms with Crippen molar-refractivity contribution in [1.82, 2.24) is 15.3 Å². The van der Waals surface area contributed by atoms with Gasteiger partial charge in [-0.2, -0.15) is 0 Å². The molecule has 2 heterocycles. The maximum atomic E-state index is 13.1. The molecule has 0 atom stereocenters. The van der Waals surface area contributed by atoms with Crippen LogP contribution in [0, 0.1) is 5.82 Å². The number of fused-ring (bicyclic) bond motifs is 1. The fourth-order valence-corrected chi connectivity index (χ4v) is 4.18. The minimum absolute atomic E-state index is 0.0388. The number of amides is 1. The molecule has 0 aliphatic heterocycles. The third-order valence-electron chi connectivity index (χ3n) is 3.57. The Labute approximate surface area is 158 Å². The number of thiophene rings is 1. The first-order valence-corrected chi connectivity index (χ1v) is 10.1. The van der Waals surface area contributed by atoms with Crippen molar-refractivity contribution in [3.63, 3.8) is 0 Å². The fraction of sp³-hybridized carbons (Fsp3) is 0.278. The number of aromatic amines is 1. The summed E-state index contributed by atoms with van der Waals surface area (Å²) >= 11 is 2.77. The van der Waals surface area contributed by atoms with Crippen LogP contribution < -0.4 is 10.9 Å². The molecule has 0 saturated heterocycles. The molecule has 0 saturated carbocycles. The molecule has 26 heavy (non-hydrogen) atoms. The first kappa shape index (κ1) is 18.6. The molecule has 0 radical (unpaired) electrons. The lowest BCUT2D eigenvalue weighted by molar-refractivity contribution is -0.119. The van der Waals surface area contributed by atoms with Gasteiger partial charge >= 0.3 is 0 Å². The molecule has 8 heteroatoms. The summed E-state index contributed by atoms with van der Waals surface area (Å²) in [5, 5.41) is 5.18. The molecule has 0 aliphatic rings. The van der Waals surface area contributed by atoms with Crippen LogP contribution in [0.4, 0.5) is 4.39 Å². The number of benzene rings is 1. The van der Waals surface area contributed by atoms with Crippen LogP contribution in [0.5, 0.6) is 0 Å². The molecule has 3 aromatic rings. The molecule has 0 spiro atoms. The van der Waals surface area contributed by atoms with Crippen LogP contribution in [-0.2, 0) is 10.5 Å². The summed E-state index contributed by atoms with van der Waals surface area (Å²) in [5.41, 5.74) is 1.30. The van der Waals surface area contributed by atoms with E-state index in [1.807, 2.05) is 19.2 Å². The zero-order valence-corrected chi connectivity index (χ0v) is 16.0. The Bertz CT molecular complexity index is 980. The summed E-state index contributed by atoms with van der Waals surface area (Å²) in [6.07, 6.45) is 0. The Morgan fingerprint density at radius 1 is 1.35 bits per heavy atom. The molecule has 2 N–H and O–H groups in total. The van der Waals surface area contributed by atoms with E-state index in [0.717, 1.165) is 11.1 Å². The van der Waals surface area contributed by atoms with Crippen LogP contribution in [-0.4, -0.2) is 27.7 Å². The van der Waals surface area contributed by atoms with Crippen LogP contribution in [0.3, 0.4) is 0 Å². The van der Waals surface area contributed by atoms with E-state index in [-0.39, 0.29) is 23.3 Å². The number of carbonyl (C=O) groups excluding carboxylic acids is 1. The summed E-state index contributed by atoms with van der Waals surface area (Å²) in [4.78, 5) is 32.1. The quantitative estimate of drug-likeness (QED) is 0.674. The Kier molecular flexibility index (Phi) is 5.73. The summed E-state index contributed by atoms with van der Waals surface area (Å²) < 4.78 is 13.1. The SMILES string of the molecule is CC(C)NC(=O)CSCc1nc2scc(-c3ccc(F)cc3)c2c(=O)[nH]1. The molecule has 3 rings (SSSR count). The number of hydrogen-bond donors (Lipinski definition) is 2. The normalized spacial score (nSPS) is 11.2. The van der Waals surface area contributed by atoms with Gasteiger partial charge in [-0.05, 0) is 31.5 Å². The average Bonchev–Trinajstić information content (AvgIpc) is 2.99. The number of thioether (sulfide) groups is 1. The van der Waals surface area contributed by atoms with Gasteiger partial charge in [0.15, 0.2) is 0 Å². The van der Waals surface area contributed by atoms with Gasteiger partial charge in [0.1, 0.15) is 16.5 Å². The van der Waals surface area contributed by atoms with Crippen molar-refractivity contribution in [3.8, 4) is 11.1 Å². The second-order valence-corrected chi connectivity index (χ2v) is 7.91. The largest absolute Gasteiger partial charge is 0.353 e. The summed E-state index contributed by atoms with van der Waals surface area (Å²) in [6.45, 7) is 3.82. The van der Waals surface area contributed by atoms with Gasteiger partial charge in [0, 0.05) is 17.0 Å². The van der Waals surface area contributed by atoms with Crippen LogP contribution in [0.2, 0.25) is 0 Å². The Hall–Kier alpha value is -2.19. The lowest BCUT2D eigenvalue weighted by Gasteiger charge is -2.07. The van der Waals surface area contributed by atoms with Gasteiger partial charge in [0.25, 0.3) is 5.56 Å². The predicted octanol–water partition coefficient (Wildman–Crippen LogP) is 3.55. The number of hydrogen-bond acceptors (Lipinski definition) is 5. The second-order valence-electron chi connectivity index (χ2n) is 6.06. The van der Waals surface area contributed by atoms with Gasteiger partial charge in [0.05, 0.1) is 16.9 Å². The van der Waals surface area contributed by atoms with Gasteiger partial charge in [-0.15, -0.1) is 23.1 Å². The second kappa shape index (κ2) is 8.01. The third kappa shape index (κ3) is 4.31. The molecule has 5 nitrogen and oxygen atoms in total. The maximum absolute atomic E-state index is 13.1. The van der Waals surface area contributed by atoms with Crippen molar-refractivity contribution in [2.75, 3.05) is 5.75 Å². The molecular formula is C18H18FN3O2S2. The summed E-state index contributed by atoms with van der Waals surface area (Å²) in [7, 11) is 0. The molecule has 1 aromatic carbocycles. The molecule has 0 aliphatic carbocycles. The molecule has 0 fully saturated rings. The Balaban J connectivity index is 1.78. The van der Waals surface area contributed by atoms with Crippen molar-refractivity contribution in [2.45, 2.75) is 25.6 Å². The van der Waals surface area contributed by atoms with E-state index >= 15 is 0 Å². The van der Waals surface area contributed by atoms with E-state index in [1.54, 1.807) is 12.1 Å². The first-order chi connectivity index (χ1) is 12.4. The first-order valence-electron chi connectivity index (χ1n) is 8.07. The van der Waals surface area contributed by atoms with Crippen molar-refractivity contribution in [1.29, 1.82) is 0 Å². The number of halogens is 1. The molecule has 1 amide bonds. The number of nitrogens with one attached hydrogen (secondary N) is 2. The average molecular weight is 391 g/mol. The van der Waals surface area contributed by atoms with E-state index in [2.05, 4.69) is 15.3 Å². The van der Waals surface area contributed by atoms with Crippen molar-refractivity contribution >= 4 is 39.2 Å². The van der Waals surface area contributed by atoms with Gasteiger partial charge in [-0.3, -0.25) is 9.59 Å². The molecule has 136 valence electrons. The smallest absolute Gasteiger partial charge is 0.260 e. The van der Waals surface area contributed by atoms with Crippen molar-refractivity contribution < 1.29 is 9.18 Å². The third-order valence-corrected chi connectivity index (χ3v) is 5.39. The highest BCUT2D eigenvalue weighted by Crippen LogP contribution is 2.30. The Morgan fingerprint density at radius 3 is 2.77 bits per heavy atom. The van der Waals surface area contributed by atoms with Crippen LogP contribution in [0.1, 0.15) is 19.7 Å². The van der Waals surface area contributed by atoms with Gasteiger partial charge in [0.2, 0.25) is 5.91 Å². The predicted molar refractivity (Wildman–Crippen MR) is 105 cm³/mol. The van der Waals surface area contributed by atoms with Crippen LogP contribution >= 0.6 is 23.1 Å². The van der Waals surface area contributed by atoms with Crippen molar-refractivity contribution in [2.24, 2.45) is 0 Å². The fourth-order valence-electron chi connectivity index (χ4n) is 2.51. The van der Waals surface area contributed by atoms with Gasteiger partial charge in [-0.1, -0.05) is 12.1 Å². The van der Waals surface area contributed by atoms with E-state index in [0.29, 0.717) is 27.5 Å².